The first-order valence-electron chi connectivity index (χ1n) is 5.94. The van der Waals surface area contributed by atoms with Gasteiger partial charge in [0.25, 0.3) is 0 Å². The number of aliphatic hydroxyl groups excluding tert-OH is 1. The Bertz CT molecular complexity index is 223. The number of aliphatic hydroxyl groups is 1. The smallest absolute Gasteiger partial charge is 0.236 e. The number of likely N-dealkylation sites (N-methyl/N-ethyl adjacent to an activating group) is 1. The third-order valence-electron chi connectivity index (χ3n) is 3.07. The zero-order chi connectivity index (χ0) is 12.0. The van der Waals surface area contributed by atoms with Crippen molar-refractivity contribution in [2.45, 2.75) is 19.4 Å². The van der Waals surface area contributed by atoms with E-state index in [0.29, 0.717) is 13.1 Å². The molecule has 1 unspecified atom stereocenters. The maximum absolute atomic E-state index is 11.6. The Kier molecular flexibility index (Phi) is 5.73. The van der Waals surface area contributed by atoms with Gasteiger partial charge < -0.3 is 20.2 Å². The van der Waals surface area contributed by atoms with Gasteiger partial charge in [0, 0.05) is 25.7 Å². The number of amides is 1. The highest BCUT2D eigenvalue weighted by molar-refractivity contribution is 5.79. The zero-order valence-electron chi connectivity index (χ0n) is 10.3. The monoisotopic (exact) mass is 229 g/mol. The zero-order valence-corrected chi connectivity index (χ0v) is 10.3. The summed E-state index contributed by atoms with van der Waals surface area (Å²) in [7, 11) is 1.99. The van der Waals surface area contributed by atoms with Crippen LogP contribution in [0.15, 0.2) is 0 Å². The van der Waals surface area contributed by atoms with E-state index in [1.54, 1.807) is 0 Å². The van der Waals surface area contributed by atoms with Crippen LogP contribution in [0.2, 0.25) is 0 Å². The summed E-state index contributed by atoms with van der Waals surface area (Å²) in [6, 6.07) is 0.288. The number of nitrogens with one attached hydrogen (secondary N) is 1. The summed E-state index contributed by atoms with van der Waals surface area (Å²) in [6.07, 6.45) is 0.961. The average molecular weight is 229 g/mol. The SMILES string of the molecule is CC(CCN(C)CCO)N1CCNCC1=O. The molecule has 5 nitrogen and oxygen atoms in total. The van der Waals surface area contributed by atoms with Crippen molar-refractivity contribution in [2.24, 2.45) is 0 Å². The number of nitrogens with zero attached hydrogens (tertiary/aromatic N) is 2. The second kappa shape index (κ2) is 6.83. The highest BCUT2D eigenvalue weighted by Crippen LogP contribution is 2.06. The first kappa shape index (κ1) is 13.4. The second-order valence-electron chi connectivity index (χ2n) is 4.43. The van der Waals surface area contributed by atoms with Gasteiger partial charge in [-0.2, -0.15) is 0 Å². The van der Waals surface area contributed by atoms with Gasteiger partial charge in [0.15, 0.2) is 0 Å². The molecule has 94 valence electrons. The van der Waals surface area contributed by atoms with Crippen molar-refractivity contribution in [1.29, 1.82) is 0 Å². The van der Waals surface area contributed by atoms with E-state index in [1.165, 1.54) is 0 Å². The van der Waals surface area contributed by atoms with E-state index in [9.17, 15) is 4.79 Å². The van der Waals surface area contributed by atoms with E-state index in [2.05, 4.69) is 17.1 Å². The summed E-state index contributed by atoms with van der Waals surface area (Å²) in [6.45, 7) is 6.07. The number of carbonyl (C=O) groups is 1. The maximum atomic E-state index is 11.6. The molecule has 1 aliphatic rings. The predicted molar refractivity (Wildman–Crippen MR) is 63.2 cm³/mol. The highest BCUT2D eigenvalue weighted by Gasteiger charge is 2.22. The minimum absolute atomic E-state index is 0.192. The first-order valence-corrected chi connectivity index (χ1v) is 5.94. The summed E-state index contributed by atoms with van der Waals surface area (Å²) in [5.41, 5.74) is 0. The van der Waals surface area contributed by atoms with E-state index in [0.717, 1.165) is 26.1 Å². The number of rotatable bonds is 6. The second-order valence-corrected chi connectivity index (χ2v) is 4.43. The van der Waals surface area contributed by atoms with Gasteiger partial charge in [-0.1, -0.05) is 0 Å². The lowest BCUT2D eigenvalue weighted by Gasteiger charge is -2.33. The summed E-state index contributed by atoms with van der Waals surface area (Å²) in [5.74, 6) is 0.198. The number of hydrogen-bond donors (Lipinski definition) is 2. The van der Waals surface area contributed by atoms with Crippen LogP contribution in [-0.2, 0) is 4.79 Å². The van der Waals surface area contributed by atoms with Crippen molar-refractivity contribution in [3.05, 3.63) is 0 Å². The molecule has 5 heteroatoms. The minimum atomic E-state index is 0.192. The van der Waals surface area contributed by atoms with Crippen LogP contribution < -0.4 is 5.32 Å². The Labute approximate surface area is 97.4 Å². The fraction of sp³-hybridized carbons (Fsp3) is 0.909. The van der Waals surface area contributed by atoms with E-state index in [-0.39, 0.29) is 18.6 Å². The molecule has 16 heavy (non-hydrogen) atoms. The molecular formula is C11H23N3O2. The fourth-order valence-electron chi connectivity index (χ4n) is 1.93. The number of carbonyl (C=O) groups excluding carboxylic acids is 1. The molecule has 1 saturated heterocycles. The Hall–Kier alpha value is -0.650. The van der Waals surface area contributed by atoms with Crippen molar-refractivity contribution in [3.8, 4) is 0 Å². The average Bonchev–Trinajstić information content (AvgIpc) is 2.27. The van der Waals surface area contributed by atoms with Crippen LogP contribution in [-0.4, -0.2) is 73.2 Å². The summed E-state index contributed by atoms with van der Waals surface area (Å²) >= 11 is 0. The van der Waals surface area contributed by atoms with Gasteiger partial charge >= 0.3 is 0 Å². The lowest BCUT2D eigenvalue weighted by Crippen LogP contribution is -2.52. The molecule has 0 aromatic rings. The molecule has 1 fully saturated rings. The highest BCUT2D eigenvalue weighted by atomic mass is 16.3. The van der Waals surface area contributed by atoms with E-state index >= 15 is 0 Å². The summed E-state index contributed by atoms with van der Waals surface area (Å²) in [4.78, 5) is 15.7. The van der Waals surface area contributed by atoms with Gasteiger partial charge in [-0.05, 0) is 26.9 Å². The van der Waals surface area contributed by atoms with Crippen LogP contribution in [0.1, 0.15) is 13.3 Å². The predicted octanol–water partition coefficient (Wildman–Crippen LogP) is -0.879. The van der Waals surface area contributed by atoms with E-state index in [1.807, 2.05) is 11.9 Å². The van der Waals surface area contributed by atoms with Crippen molar-refractivity contribution in [1.82, 2.24) is 15.1 Å². The minimum Gasteiger partial charge on any atom is -0.395 e. The Morgan fingerprint density at radius 1 is 1.56 bits per heavy atom. The van der Waals surface area contributed by atoms with Crippen molar-refractivity contribution < 1.29 is 9.90 Å². The third-order valence-corrected chi connectivity index (χ3v) is 3.07. The van der Waals surface area contributed by atoms with Gasteiger partial charge in [0.1, 0.15) is 0 Å². The molecule has 0 aromatic heterocycles. The van der Waals surface area contributed by atoms with E-state index < -0.39 is 0 Å². The molecule has 0 aliphatic carbocycles. The van der Waals surface area contributed by atoms with Gasteiger partial charge in [-0.25, -0.2) is 0 Å². The molecule has 1 amide bonds. The maximum Gasteiger partial charge on any atom is 0.236 e. The summed E-state index contributed by atoms with van der Waals surface area (Å²) in [5, 5.41) is 11.8. The largest absolute Gasteiger partial charge is 0.395 e. The Balaban J connectivity index is 2.27. The normalized spacial score (nSPS) is 19.2. The molecule has 0 saturated carbocycles. The van der Waals surface area contributed by atoms with Crippen LogP contribution in [0.25, 0.3) is 0 Å². The van der Waals surface area contributed by atoms with Gasteiger partial charge in [-0.3, -0.25) is 4.79 Å². The van der Waals surface area contributed by atoms with Gasteiger partial charge in [0.2, 0.25) is 5.91 Å². The molecule has 0 radical (unpaired) electrons. The molecule has 1 heterocycles. The summed E-state index contributed by atoms with van der Waals surface area (Å²) < 4.78 is 0. The quantitative estimate of drug-likeness (QED) is 0.621. The first-order chi connectivity index (χ1) is 7.65. The molecule has 0 spiro atoms. The number of hydrogen-bond acceptors (Lipinski definition) is 4. The lowest BCUT2D eigenvalue weighted by molar-refractivity contribution is -0.134. The van der Waals surface area contributed by atoms with Crippen LogP contribution in [0.3, 0.4) is 0 Å². The van der Waals surface area contributed by atoms with Crippen molar-refractivity contribution >= 4 is 5.91 Å². The topological polar surface area (TPSA) is 55.8 Å². The molecule has 1 rings (SSSR count). The number of piperazine rings is 1. The molecule has 0 aromatic carbocycles. The molecule has 0 bridgehead atoms. The Morgan fingerprint density at radius 3 is 2.94 bits per heavy atom. The van der Waals surface area contributed by atoms with E-state index in [4.69, 9.17) is 5.11 Å². The van der Waals surface area contributed by atoms with Crippen LogP contribution in [0, 0.1) is 0 Å². The van der Waals surface area contributed by atoms with Crippen molar-refractivity contribution in [2.75, 3.05) is 46.4 Å². The fourth-order valence-corrected chi connectivity index (χ4v) is 1.93. The Morgan fingerprint density at radius 2 is 2.31 bits per heavy atom. The van der Waals surface area contributed by atoms with Gasteiger partial charge in [-0.15, -0.1) is 0 Å². The molecule has 1 aliphatic heterocycles. The lowest BCUT2D eigenvalue weighted by atomic mass is 10.1. The van der Waals surface area contributed by atoms with Gasteiger partial charge in [0.05, 0.1) is 13.2 Å². The van der Waals surface area contributed by atoms with Crippen molar-refractivity contribution in [3.63, 3.8) is 0 Å². The van der Waals surface area contributed by atoms with Crippen LogP contribution in [0.4, 0.5) is 0 Å². The molecule has 1 atom stereocenters. The molecular weight excluding hydrogens is 206 g/mol. The third kappa shape index (κ3) is 4.08. The molecule has 2 N–H and O–H groups in total. The van der Waals surface area contributed by atoms with Crippen LogP contribution >= 0.6 is 0 Å². The standard InChI is InChI=1S/C11H23N3O2/c1-10(3-5-13(2)7-8-15)14-6-4-12-9-11(14)16/h10,12,15H,3-9H2,1-2H3. The van der Waals surface area contributed by atoms with Crippen LogP contribution in [0.5, 0.6) is 0 Å².